The van der Waals surface area contributed by atoms with E-state index in [0.29, 0.717) is 12.2 Å². The molecule has 38 heavy (non-hydrogen) atoms. The smallest absolute Gasteiger partial charge is 0.414 e. The molecule has 3 aromatic heterocycles. The third kappa shape index (κ3) is 4.96. The van der Waals surface area contributed by atoms with Gasteiger partial charge in [0.1, 0.15) is 10.8 Å². The molecule has 0 aliphatic carbocycles. The second kappa shape index (κ2) is 10.2. The van der Waals surface area contributed by atoms with E-state index in [2.05, 4.69) is 16.0 Å². The van der Waals surface area contributed by atoms with Gasteiger partial charge in [-0.05, 0) is 66.6 Å². The largest absolute Gasteiger partial charge is 0.496 e. The fourth-order valence-corrected chi connectivity index (χ4v) is 6.00. The fourth-order valence-electron chi connectivity index (χ4n) is 4.96. The Morgan fingerprint density at radius 2 is 2.00 bits per heavy atom. The Balaban J connectivity index is 1.63. The molecule has 1 N–H and O–H groups in total. The summed E-state index contributed by atoms with van der Waals surface area (Å²) in [6.07, 6.45) is 5.11. The highest BCUT2D eigenvalue weighted by Gasteiger charge is 2.33. The number of nitrogens with zero attached hydrogens (tertiary/aromatic N) is 7. The number of likely N-dealkylation sites (tertiary alicyclic amines) is 1. The highest BCUT2D eigenvalue weighted by molar-refractivity contribution is 7.99. The Hall–Kier alpha value is -3.18. The molecule has 2 aliphatic heterocycles. The molecule has 0 aromatic carbocycles. The lowest BCUT2D eigenvalue weighted by Crippen LogP contribution is -2.46. The van der Waals surface area contributed by atoms with Gasteiger partial charge in [0.2, 0.25) is 5.95 Å². The van der Waals surface area contributed by atoms with Gasteiger partial charge in [0, 0.05) is 35.2 Å². The number of aryl methyl sites for hydroxylation is 1. The van der Waals surface area contributed by atoms with E-state index in [1.807, 2.05) is 39.3 Å². The number of thioether (sulfide) groups is 1. The van der Waals surface area contributed by atoms with Crippen LogP contribution in [-0.4, -0.2) is 78.9 Å². The van der Waals surface area contributed by atoms with E-state index in [-0.39, 0.29) is 5.95 Å². The van der Waals surface area contributed by atoms with Crippen LogP contribution >= 0.6 is 11.8 Å². The number of amides is 1. The molecule has 1 amide bonds. The predicted octanol–water partition coefficient (Wildman–Crippen LogP) is 4.76. The van der Waals surface area contributed by atoms with E-state index in [1.165, 1.54) is 30.0 Å². The Bertz CT molecular complexity index is 1420. The number of anilines is 1. The second-order valence-electron chi connectivity index (χ2n) is 10.9. The summed E-state index contributed by atoms with van der Waals surface area (Å²) in [4.78, 5) is 30.2. The lowest BCUT2D eigenvalue weighted by Gasteiger charge is -2.31. The first-order chi connectivity index (χ1) is 18.1. The van der Waals surface area contributed by atoms with Gasteiger partial charge in [0.25, 0.3) is 0 Å². The number of hydrogen-bond acceptors (Lipinski definition) is 8. The Morgan fingerprint density at radius 1 is 1.24 bits per heavy atom. The SMILES string of the molecule is COc1c(C)cnc(Cn2nc3c4c(nc(N(C(=O)O)C(C)(C)C)nc42)SCC(CCN2CCC2)=C3)c1C. The van der Waals surface area contributed by atoms with Gasteiger partial charge in [-0.15, -0.1) is 11.8 Å². The molecule has 0 saturated carbocycles. The number of pyridine rings is 1. The first-order valence-electron chi connectivity index (χ1n) is 12.9. The van der Waals surface area contributed by atoms with E-state index in [1.54, 1.807) is 25.1 Å². The Kier molecular flexibility index (Phi) is 7.08. The summed E-state index contributed by atoms with van der Waals surface area (Å²) in [7, 11) is 1.66. The minimum Gasteiger partial charge on any atom is -0.496 e. The average molecular weight is 538 g/mol. The monoisotopic (exact) mass is 537 g/mol. The van der Waals surface area contributed by atoms with Gasteiger partial charge in [-0.3, -0.25) is 4.98 Å². The van der Waals surface area contributed by atoms with Crippen molar-refractivity contribution < 1.29 is 14.6 Å². The molecule has 3 aromatic rings. The Labute approximate surface area is 227 Å². The van der Waals surface area contributed by atoms with Gasteiger partial charge < -0.3 is 14.7 Å². The van der Waals surface area contributed by atoms with Crippen LogP contribution in [-0.2, 0) is 6.54 Å². The first kappa shape index (κ1) is 26.4. The van der Waals surface area contributed by atoms with E-state index < -0.39 is 11.6 Å². The zero-order valence-corrected chi connectivity index (χ0v) is 23.7. The first-order valence-corrected chi connectivity index (χ1v) is 13.9. The van der Waals surface area contributed by atoms with Crippen molar-refractivity contribution >= 4 is 40.9 Å². The molecule has 5 heterocycles. The molecule has 5 rings (SSSR count). The number of carboxylic acid groups (broad SMARTS) is 1. The summed E-state index contributed by atoms with van der Waals surface area (Å²) in [5, 5.41) is 16.7. The highest BCUT2D eigenvalue weighted by atomic mass is 32.2. The summed E-state index contributed by atoms with van der Waals surface area (Å²) in [6, 6.07) is 0. The molecule has 202 valence electrons. The maximum Gasteiger partial charge on any atom is 0.414 e. The standard InChI is InChI=1S/C27H35N7O3S/c1-16-13-28-20(17(2)22(16)37-6)14-33-23-21-19(31-33)12-18(8-11-32-9-7-10-32)15-38-24(21)30-25(29-23)34(26(35)36)27(3,4)5/h12-13H,7-11,14-15H2,1-6H3,(H,35,36). The van der Waals surface area contributed by atoms with Crippen LogP contribution in [0.1, 0.15) is 56.1 Å². The highest BCUT2D eigenvalue weighted by Crippen LogP contribution is 2.37. The lowest BCUT2D eigenvalue weighted by molar-refractivity contribution is 0.184. The average Bonchev–Trinajstić information content (AvgIpc) is 3.03. The lowest BCUT2D eigenvalue weighted by atomic mass is 10.1. The van der Waals surface area contributed by atoms with Crippen LogP contribution in [0.4, 0.5) is 10.7 Å². The van der Waals surface area contributed by atoms with Crippen LogP contribution < -0.4 is 9.64 Å². The molecule has 10 nitrogen and oxygen atoms in total. The Morgan fingerprint density at radius 3 is 2.63 bits per heavy atom. The summed E-state index contributed by atoms with van der Waals surface area (Å²) < 4.78 is 7.44. The molecule has 0 spiro atoms. The number of methoxy groups -OCH3 is 1. The summed E-state index contributed by atoms with van der Waals surface area (Å²) >= 11 is 1.63. The minimum atomic E-state index is -1.09. The molecule has 0 unspecified atom stereocenters. The van der Waals surface area contributed by atoms with Gasteiger partial charge in [0.15, 0.2) is 5.65 Å². The third-order valence-electron chi connectivity index (χ3n) is 7.12. The number of hydrogen-bond donors (Lipinski definition) is 1. The minimum absolute atomic E-state index is 0.155. The topological polar surface area (TPSA) is 110 Å². The van der Waals surface area contributed by atoms with Crippen LogP contribution in [0.2, 0.25) is 0 Å². The molecule has 2 aliphatic rings. The fraction of sp³-hybridized carbons (Fsp3) is 0.519. The molecule has 11 heteroatoms. The van der Waals surface area contributed by atoms with Crippen molar-refractivity contribution in [3.8, 4) is 5.75 Å². The van der Waals surface area contributed by atoms with Gasteiger partial charge in [0.05, 0.1) is 30.4 Å². The number of ether oxygens (including phenoxy) is 1. The van der Waals surface area contributed by atoms with Crippen LogP contribution in [0.25, 0.3) is 17.1 Å². The quantitative estimate of drug-likeness (QED) is 0.427. The van der Waals surface area contributed by atoms with E-state index in [9.17, 15) is 9.90 Å². The van der Waals surface area contributed by atoms with Gasteiger partial charge in [-0.1, -0.05) is 5.57 Å². The van der Waals surface area contributed by atoms with Gasteiger partial charge >= 0.3 is 6.09 Å². The molecular formula is C27H35N7O3S. The van der Waals surface area contributed by atoms with Crippen LogP contribution in [0.5, 0.6) is 5.75 Å². The molecule has 0 radical (unpaired) electrons. The zero-order chi connectivity index (χ0) is 27.2. The van der Waals surface area contributed by atoms with Crippen molar-refractivity contribution in [3.05, 3.63) is 34.3 Å². The maximum atomic E-state index is 12.3. The van der Waals surface area contributed by atoms with E-state index in [0.717, 1.165) is 57.4 Å². The van der Waals surface area contributed by atoms with Crippen molar-refractivity contribution in [2.24, 2.45) is 0 Å². The van der Waals surface area contributed by atoms with Crippen molar-refractivity contribution in [3.63, 3.8) is 0 Å². The predicted molar refractivity (Wildman–Crippen MR) is 149 cm³/mol. The van der Waals surface area contributed by atoms with E-state index in [4.69, 9.17) is 19.8 Å². The third-order valence-corrected chi connectivity index (χ3v) is 8.20. The summed E-state index contributed by atoms with van der Waals surface area (Å²) in [5.41, 5.74) is 4.73. The molecule has 0 atom stereocenters. The van der Waals surface area contributed by atoms with Crippen LogP contribution in [0.15, 0.2) is 16.8 Å². The molecule has 1 fully saturated rings. The van der Waals surface area contributed by atoms with Gasteiger partial charge in [-0.2, -0.15) is 10.1 Å². The number of rotatable bonds is 7. The zero-order valence-electron chi connectivity index (χ0n) is 22.9. The number of aromatic nitrogens is 5. The molecular weight excluding hydrogens is 502 g/mol. The van der Waals surface area contributed by atoms with Gasteiger partial charge in [-0.25, -0.2) is 19.4 Å². The van der Waals surface area contributed by atoms with Crippen molar-refractivity contribution in [1.29, 1.82) is 0 Å². The van der Waals surface area contributed by atoms with Crippen molar-refractivity contribution in [2.75, 3.05) is 37.4 Å². The summed E-state index contributed by atoms with van der Waals surface area (Å²) in [6.45, 7) is 13.2. The van der Waals surface area contributed by atoms with Crippen LogP contribution in [0, 0.1) is 13.8 Å². The number of carbonyl (C=O) groups is 1. The summed E-state index contributed by atoms with van der Waals surface area (Å²) in [5.74, 6) is 1.74. The maximum absolute atomic E-state index is 12.3. The second-order valence-corrected chi connectivity index (χ2v) is 11.9. The van der Waals surface area contributed by atoms with E-state index >= 15 is 0 Å². The van der Waals surface area contributed by atoms with Crippen molar-refractivity contribution in [1.82, 2.24) is 29.6 Å². The normalized spacial score (nSPS) is 15.7. The van der Waals surface area contributed by atoms with Crippen molar-refractivity contribution in [2.45, 2.75) is 64.6 Å². The molecule has 1 saturated heterocycles. The molecule has 0 bridgehead atoms. The van der Waals surface area contributed by atoms with Crippen LogP contribution in [0.3, 0.4) is 0 Å².